The molecule has 1 aliphatic carbocycles. The highest BCUT2D eigenvalue weighted by atomic mass is 19.1. The van der Waals surface area contributed by atoms with Crippen molar-refractivity contribution in [3.8, 4) is 0 Å². The van der Waals surface area contributed by atoms with E-state index in [1.165, 1.54) is 6.07 Å². The molecule has 0 spiro atoms. The second-order valence-electron chi connectivity index (χ2n) is 4.93. The fourth-order valence-corrected chi connectivity index (χ4v) is 1.89. The molecule has 1 aromatic rings. The predicted molar refractivity (Wildman–Crippen MR) is 64.8 cm³/mol. The largest absolute Gasteiger partial charge is 0.336 e. The van der Waals surface area contributed by atoms with Crippen molar-refractivity contribution in [1.29, 1.82) is 0 Å². The molecule has 1 aliphatic rings. The van der Waals surface area contributed by atoms with Gasteiger partial charge in [0.1, 0.15) is 5.82 Å². The van der Waals surface area contributed by atoms with Crippen LogP contribution in [-0.4, -0.2) is 16.8 Å². The van der Waals surface area contributed by atoms with Gasteiger partial charge in [-0.25, -0.2) is 4.39 Å². The van der Waals surface area contributed by atoms with Crippen molar-refractivity contribution >= 4 is 5.91 Å². The second-order valence-corrected chi connectivity index (χ2v) is 4.93. The van der Waals surface area contributed by atoms with Crippen LogP contribution in [0.1, 0.15) is 32.3 Å². The Kier molecular flexibility index (Phi) is 3.46. The first-order chi connectivity index (χ1) is 8.09. The van der Waals surface area contributed by atoms with E-state index in [-0.39, 0.29) is 23.7 Å². The normalized spacial score (nSPS) is 15.1. The molecule has 0 aliphatic heterocycles. The van der Waals surface area contributed by atoms with Crippen LogP contribution in [0.15, 0.2) is 24.3 Å². The molecule has 0 saturated heterocycles. The Morgan fingerprint density at radius 2 is 2.06 bits per heavy atom. The van der Waals surface area contributed by atoms with E-state index in [0.717, 1.165) is 12.8 Å². The Hall–Kier alpha value is -1.38. The second kappa shape index (κ2) is 4.86. The molecular weight excluding hydrogens is 217 g/mol. The lowest BCUT2D eigenvalue weighted by Crippen LogP contribution is -2.37. The topological polar surface area (TPSA) is 20.3 Å². The van der Waals surface area contributed by atoms with Crippen molar-refractivity contribution in [2.75, 3.05) is 0 Å². The molecule has 3 heteroatoms. The molecule has 1 amide bonds. The van der Waals surface area contributed by atoms with Crippen LogP contribution >= 0.6 is 0 Å². The summed E-state index contributed by atoms with van der Waals surface area (Å²) in [5.41, 5.74) is 0.593. The smallest absolute Gasteiger partial charge is 0.226 e. The predicted octanol–water partition coefficient (Wildman–Crippen LogP) is 2.97. The summed E-state index contributed by atoms with van der Waals surface area (Å²) < 4.78 is 13.6. The molecule has 17 heavy (non-hydrogen) atoms. The Morgan fingerprint density at radius 3 is 2.59 bits per heavy atom. The van der Waals surface area contributed by atoms with Crippen LogP contribution in [0, 0.1) is 11.7 Å². The minimum absolute atomic E-state index is 0.114. The third-order valence-electron chi connectivity index (χ3n) is 3.13. The first kappa shape index (κ1) is 12.1. The number of amides is 1. The Morgan fingerprint density at radius 1 is 1.41 bits per heavy atom. The molecule has 2 rings (SSSR count). The maximum Gasteiger partial charge on any atom is 0.226 e. The summed E-state index contributed by atoms with van der Waals surface area (Å²) >= 11 is 0. The van der Waals surface area contributed by atoms with Gasteiger partial charge in [0.25, 0.3) is 0 Å². The van der Waals surface area contributed by atoms with Gasteiger partial charge in [-0.05, 0) is 32.8 Å². The van der Waals surface area contributed by atoms with Gasteiger partial charge in [-0.1, -0.05) is 18.2 Å². The maximum atomic E-state index is 13.6. The average Bonchev–Trinajstić information content (AvgIpc) is 3.10. The lowest BCUT2D eigenvalue weighted by Gasteiger charge is -2.27. The Labute approximate surface area is 101 Å². The van der Waals surface area contributed by atoms with E-state index < -0.39 is 0 Å². The highest BCUT2D eigenvalue weighted by molar-refractivity contribution is 5.81. The summed E-state index contributed by atoms with van der Waals surface area (Å²) in [4.78, 5) is 13.8. The molecule has 0 radical (unpaired) electrons. The number of benzene rings is 1. The van der Waals surface area contributed by atoms with Crippen molar-refractivity contribution in [3.63, 3.8) is 0 Å². The van der Waals surface area contributed by atoms with Gasteiger partial charge in [0.15, 0.2) is 0 Å². The van der Waals surface area contributed by atoms with Crippen molar-refractivity contribution in [1.82, 2.24) is 4.90 Å². The first-order valence-electron chi connectivity index (χ1n) is 6.13. The fraction of sp³-hybridized carbons (Fsp3) is 0.500. The highest BCUT2D eigenvalue weighted by Gasteiger charge is 2.34. The van der Waals surface area contributed by atoms with Crippen LogP contribution in [0.3, 0.4) is 0 Å². The van der Waals surface area contributed by atoms with Crippen molar-refractivity contribution < 1.29 is 9.18 Å². The molecule has 1 saturated carbocycles. The van der Waals surface area contributed by atoms with E-state index in [1.54, 1.807) is 23.1 Å². The summed E-state index contributed by atoms with van der Waals surface area (Å²) in [5.74, 6) is 0.120. The quantitative estimate of drug-likeness (QED) is 0.785. The molecule has 0 N–H and O–H groups in total. The van der Waals surface area contributed by atoms with Crippen molar-refractivity contribution in [3.05, 3.63) is 35.6 Å². The van der Waals surface area contributed by atoms with Crippen LogP contribution < -0.4 is 0 Å². The van der Waals surface area contributed by atoms with E-state index in [4.69, 9.17) is 0 Å². The number of nitrogens with zero attached hydrogens (tertiary/aromatic N) is 1. The van der Waals surface area contributed by atoms with Gasteiger partial charge in [-0.15, -0.1) is 0 Å². The first-order valence-corrected chi connectivity index (χ1v) is 6.13. The Balaban J connectivity index is 2.12. The van der Waals surface area contributed by atoms with Crippen molar-refractivity contribution in [2.45, 2.75) is 39.3 Å². The van der Waals surface area contributed by atoms with Crippen molar-refractivity contribution in [2.24, 2.45) is 5.92 Å². The van der Waals surface area contributed by atoms with Gasteiger partial charge in [0.2, 0.25) is 5.91 Å². The Bertz CT molecular complexity index is 412. The molecule has 0 bridgehead atoms. The molecular formula is C14H18FNO. The van der Waals surface area contributed by atoms with Gasteiger partial charge < -0.3 is 4.90 Å². The molecule has 0 heterocycles. The van der Waals surface area contributed by atoms with E-state index in [2.05, 4.69) is 0 Å². The summed E-state index contributed by atoms with van der Waals surface area (Å²) in [6.45, 7) is 4.32. The fourth-order valence-electron chi connectivity index (χ4n) is 1.89. The van der Waals surface area contributed by atoms with E-state index in [1.807, 2.05) is 13.8 Å². The third kappa shape index (κ3) is 2.84. The van der Waals surface area contributed by atoms with Gasteiger partial charge in [-0.3, -0.25) is 4.79 Å². The number of rotatable bonds is 4. The zero-order chi connectivity index (χ0) is 12.4. The number of carbonyl (C=O) groups is 1. The standard InChI is InChI=1S/C14H18FNO/c1-10(2)16(14(17)11-7-8-11)9-12-5-3-4-6-13(12)15/h3-6,10-11H,7-9H2,1-2H3. The monoisotopic (exact) mass is 235 g/mol. The van der Waals surface area contributed by atoms with Crippen LogP contribution in [0.4, 0.5) is 4.39 Å². The number of hydrogen-bond acceptors (Lipinski definition) is 1. The minimum Gasteiger partial charge on any atom is -0.336 e. The highest BCUT2D eigenvalue weighted by Crippen LogP contribution is 2.32. The lowest BCUT2D eigenvalue weighted by molar-refractivity contribution is -0.134. The zero-order valence-electron chi connectivity index (χ0n) is 10.3. The molecule has 1 fully saturated rings. The zero-order valence-corrected chi connectivity index (χ0v) is 10.3. The average molecular weight is 235 g/mol. The molecule has 0 unspecified atom stereocenters. The van der Waals surface area contributed by atoms with Crippen LogP contribution in [0.25, 0.3) is 0 Å². The summed E-state index contributed by atoms with van der Waals surface area (Å²) in [5, 5.41) is 0. The van der Waals surface area contributed by atoms with E-state index in [9.17, 15) is 9.18 Å². The number of carbonyl (C=O) groups excluding carboxylic acids is 1. The van der Waals surface area contributed by atoms with Gasteiger partial charge in [0.05, 0.1) is 0 Å². The number of halogens is 1. The third-order valence-corrected chi connectivity index (χ3v) is 3.13. The lowest BCUT2D eigenvalue weighted by atomic mass is 10.1. The molecule has 92 valence electrons. The molecule has 0 aromatic heterocycles. The van der Waals surface area contributed by atoms with Gasteiger partial charge in [0, 0.05) is 24.1 Å². The number of hydrogen-bond donors (Lipinski definition) is 0. The minimum atomic E-state index is -0.234. The van der Waals surface area contributed by atoms with Gasteiger partial charge >= 0.3 is 0 Å². The SMILES string of the molecule is CC(C)N(Cc1ccccc1F)C(=O)C1CC1. The van der Waals surface area contributed by atoms with Crippen LogP contribution in [0.5, 0.6) is 0 Å². The van der Waals surface area contributed by atoms with E-state index in [0.29, 0.717) is 12.1 Å². The van der Waals surface area contributed by atoms with Gasteiger partial charge in [-0.2, -0.15) is 0 Å². The maximum absolute atomic E-state index is 13.6. The van der Waals surface area contributed by atoms with Crippen LogP contribution in [-0.2, 0) is 11.3 Å². The van der Waals surface area contributed by atoms with Crippen LogP contribution in [0.2, 0.25) is 0 Å². The molecule has 2 nitrogen and oxygen atoms in total. The molecule has 0 atom stereocenters. The summed E-state index contributed by atoms with van der Waals surface area (Å²) in [6.07, 6.45) is 1.97. The summed E-state index contributed by atoms with van der Waals surface area (Å²) in [7, 11) is 0. The molecule has 1 aromatic carbocycles. The van der Waals surface area contributed by atoms with E-state index >= 15 is 0 Å². The summed E-state index contributed by atoms with van der Waals surface area (Å²) in [6, 6.07) is 6.77.